The molecular formula is C19H22FN3O3. The number of carboxylic acids is 1. The summed E-state index contributed by atoms with van der Waals surface area (Å²) >= 11 is 0. The molecule has 0 bridgehead atoms. The van der Waals surface area contributed by atoms with E-state index in [2.05, 4.69) is 4.90 Å². The summed E-state index contributed by atoms with van der Waals surface area (Å²) in [6.45, 7) is 3.23. The Morgan fingerprint density at radius 2 is 2.15 bits per heavy atom. The van der Waals surface area contributed by atoms with Crippen molar-refractivity contribution in [2.24, 2.45) is 11.1 Å². The summed E-state index contributed by atoms with van der Waals surface area (Å²) in [6, 6.07) is 2.30. The number of halogens is 1. The van der Waals surface area contributed by atoms with Gasteiger partial charge in [-0.3, -0.25) is 0 Å². The number of anilines is 2. The number of hydrogen-bond donors (Lipinski definition) is 2. The first-order chi connectivity index (χ1) is 12.4. The molecule has 2 atom stereocenters. The van der Waals surface area contributed by atoms with Gasteiger partial charge < -0.3 is 25.4 Å². The number of aliphatic carboxylic acids is 1. The van der Waals surface area contributed by atoms with Crippen LogP contribution >= 0.6 is 0 Å². The molecule has 2 aliphatic heterocycles. The van der Waals surface area contributed by atoms with Gasteiger partial charge in [0.1, 0.15) is 0 Å². The molecule has 0 radical (unpaired) electrons. The lowest BCUT2D eigenvalue weighted by Crippen LogP contribution is -2.29. The van der Waals surface area contributed by atoms with Gasteiger partial charge in [0.15, 0.2) is 11.6 Å². The summed E-state index contributed by atoms with van der Waals surface area (Å²) in [5.41, 5.74) is 7.92. The molecule has 3 fully saturated rings. The molecule has 138 valence electrons. The van der Waals surface area contributed by atoms with Crippen LogP contribution in [0.25, 0.3) is 0 Å². The maximum absolute atomic E-state index is 15.1. The molecule has 1 aromatic carbocycles. The van der Waals surface area contributed by atoms with Gasteiger partial charge in [0, 0.05) is 36.2 Å². The number of rotatable bonds is 3. The Morgan fingerprint density at radius 3 is 2.73 bits per heavy atom. The Kier molecular flexibility index (Phi) is 3.14. The third-order valence-electron chi connectivity index (χ3n) is 6.28. The monoisotopic (exact) mass is 359 g/mol. The number of nitrogens with two attached hydrogens (primary N) is 1. The van der Waals surface area contributed by atoms with Gasteiger partial charge in [-0.05, 0) is 38.7 Å². The summed E-state index contributed by atoms with van der Waals surface area (Å²) in [7, 11) is 0. The SMILES string of the molecule is Cc1c(F)c(N2CCC3(CC3N)C2)cc2c1OC(C(=O)O)=CN2C1CC1. The molecule has 1 saturated heterocycles. The van der Waals surface area contributed by atoms with Gasteiger partial charge in [0.25, 0.3) is 0 Å². The third kappa shape index (κ3) is 2.23. The normalized spacial score (nSPS) is 29.5. The fourth-order valence-corrected chi connectivity index (χ4v) is 4.33. The molecule has 2 saturated carbocycles. The number of fused-ring (bicyclic) bond motifs is 1. The van der Waals surface area contributed by atoms with Crippen LogP contribution in [0.1, 0.15) is 31.2 Å². The van der Waals surface area contributed by atoms with Gasteiger partial charge in [-0.1, -0.05) is 0 Å². The van der Waals surface area contributed by atoms with Gasteiger partial charge >= 0.3 is 5.97 Å². The largest absolute Gasteiger partial charge is 0.475 e. The minimum atomic E-state index is -1.14. The molecule has 5 rings (SSSR count). The Morgan fingerprint density at radius 1 is 1.42 bits per heavy atom. The summed E-state index contributed by atoms with van der Waals surface area (Å²) in [5, 5.41) is 9.33. The van der Waals surface area contributed by atoms with Crippen molar-refractivity contribution < 1.29 is 19.0 Å². The van der Waals surface area contributed by atoms with Crippen LogP contribution in [0.3, 0.4) is 0 Å². The van der Waals surface area contributed by atoms with E-state index in [9.17, 15) is 9.90 Å². The predicted octanol–water partition coefficient (Wildman–Crippen LogP) is 2.35. The van der Waals surface area contributed by atoms with Crippen LogP contribution < -0.4 is 20.3 Å². The van der Waals surface area contributed by atoms with Crippen molar-refractivity contribution in [3.8, 4) is 5.75 Å². The zero-order chi connectivity index (χ0) is 18.2. The van der Waals surface area contributed by atoms with Crippen LogP contribution in [-0.2, 0) is 4.79 Å². The quantitative estimate of drug-likeness (QED) is 0.863. The lowest BCUT2D eigenvalue weighted by molar-refractivity contribution is -0.135. The molecular weight excluding hydrogens is 337 g/mol. The highest BCUT2D eigenvalue weighted by molar-refractivity contribution is 5.88. The molecule has 0 amide bonds. The van der Waals surface area contributed by atoms with Crippen molar-refractivity contribution in [1.82, 2.24) is 0 Å². The van der Waals surface area contributed by atoms with Crippen LogP contribution in [0, 0.1) is 18.2 Å². The Balaban J connectivity index is 1.56. The summed E-state index contributed by atoms with van der Waals surface area (Å²) in [5.74, 6) is -1.33. The second kappa shape index (κ2) is 5.13. The van der Waals surface area contributed by atoms with Gasteiger partial charge in [-0.15, -0.1) is 0 Å². The zero-order valence-corrected chi connectivity index (χ0v) is 14.7. The van der Waals surface area contributed by atoms with Crippen molar-refractivity contribution in [3.05, 3.63) is 29.4 Å². The lowest BCUT2D eigenvalue weighted by atomic mass is 10.1. The van der Waals surface area contributed by atoms with Crippen LogP contribution in [0.4, 0.5) is 15.8 Å². The lowest BCUT2D eigenvalue weighted by Gasteiger charge is -2.31. The van der Waals surface area contributed by atoms with E-state index in [0.717, 1.165) is 44.5 Å². The molecule has 0 aromatic heterocycles. The second-order valence-electron chi connectivity index (χ2n) is 8.07. The first kappa shape index (κ1) is 15.9. The third-order valence-corrected chi connectivity index (χ3v) is 6.28. The van der Waals surface area contributed by atoms with E-state index < -0.39 is 5.97 Å². The summed E-state index contributed by atoms with van der Waals surface area (Å²) in [4.78, 5) is 15.4. The maximum atomic E-state index is 15.1. The smallest absolute Gasteiger partial charge is 0.373 e. The zero-order valence-electron chi connectivity index (χ0n) is 14.7. The average Bonchev–Trinajstić information content (AvgIpc) is 3.50. The first-order valence-electron chi connectivity index (χ1n) is 9.14. The van der Waals surface area contributed by atoms with Crippen molar-refractivity contribution in [2.75, 3.05) is 22.9 Å². The maximum Gasteiger partial charge on any atom is 0.373 e. The van der Waals surface area contributed by atoms with Crippen molar-refractivity contribution in [3.63, 3.8) is 0 Å². The van der Waals surface area contributed by atoms with Crippen LogP contribution in [0.2, 0.25) is 0 Å². The average molecular weight is 359 g/mol. The molecule has 7 heteroatoms. The van der Waals surface area contributed by atoms with E-state index in [1.54, 1.807) is 6.92 Å². The highest BCUT2D eigenvalue weighted by atomic mass is 19.1. The fraction of sp³-hybridized carbons (Fsp3) is 0.526. The molecule has 2 unspecified atom stereocenters. The number of carboxylic acid groups (broad SMARTS) is 1. The minimum Gasteiger partial charge on any atom is -0.475 e. The number of carbonyl (C=O) groups is 1. The van der Waals surface area contributed by atoms with E-state index in [0.29, 0.717) is 17.0 Å². The number of ether oxygens (including phenoxy) is 1. The molecule has 1 spiro atoms. The molecule has 1 aromatic rings. The van der Waals surface area contributed by atoms with Gasteiger partial charge in [-0.25, -0.2) is 9.18 Å². The van der Waals surface area contributed by atoms with E-state index in [-0.39, 0.29) is 29.1 Å². The predicted molar refractivity (Wildman–Crippen MR) is 94.8 cm³/mol. The van der Waals surface area contributed by atoms with E-state index >= 15 is 4.39 Å². The number of hydrogen-bond acceptors (Lipinski definition) is 5. The summed E-state index contributed by atoms with van der Waals surface area (Å²) < 4.78 is 20.7. The molecule has 26 heavy (non-hydrogen) atoms. The molecule has 2 heterocycles. The van der Waals surface area contributed by atoms with Crippen LogP contribution in [-0.4, -0.2) is 36.2 Å². The number of nitrogens with zero attached hydrogens (tertiary/aromatic N) is 2. The van der Waals surface area contributed by atoms with E-state index in [1.807, 2.05) is 11.0 Å². The standard InChI is InChI=1S/C19H22FN3O3/c1-10-16(20)12(22-5-4-19(9-22)7-15(19)21)6-13-17(10)26-14(18(24)25)8-23(13)11-2-3-11/h6,8,11,15H,2-5,7,9,21H2,1H3,(H,24,25). The highest BCUT2D eigenvalue weighted by Gasteiger charge is 2.55. The number of benzene rings is 1. The topological polar surface area (TPSA) is 79.0 Å². The molecule has 2 aliphatic carbocycles. The van der Waals surface area contributed by atoms with Gasteiger partial charge in [0.05, 0.1) is 17.6 Å². The molecule has 4 aliphatic rings. The van der Waals surface area contributed by atoms with Crippen molar-refractivity contribution in [2.45, 2.75) is 44.7 Å². The van der Waals surface area contributed by atoms with Gasteiger partial charge in [-0.2, -0.15) is 0 Å². The van der Waals surface area contributed by atoms with Crippen LogP contribution in [0.15, 0.2) is 18.0 Å². The van der Waals surface area contributed by atoms with E-state index in [4.69, 9.17) is 10.5 Å². The van der Waals surface area contributed by atoms with Crippen molar-refractivity contribution >= 4 is 17.3 Å². The van der Waals surface area contributed by atoms with Crippen LogP contribution in [0.5, 0.6) is 5.75 Å². The molecule has 6 nitrogen and oxygen atoms in total. The summed E-state index contributed by atoms with van der Waals surface area (Å²) in [6.07, 6.45) is 5.53. The second-order valence-corrected chi connectivity index (χ2v) is 8.07. The highest BCUT2D eigenvalue weighted by Crippen LogP contribution is 2.54. The first-order valence-corrected chi connectivity index (χ1v) is 9.14. The minimum absolute atomic E-state index is 0.152. The van der Waals surface area contributed by atoms with Crippen molar-refractivity contribution in [1.29, 1.82) is 0 Å². The van der Waals surface area contributed by atoms with E-state index in [1.165, 1.54) is 6.20 Å². The Hall–Kier alpha value is -2.28. The Bertz CT molecular complexity index is 851. The molecule has 3 N–H and O–H groups in total. The Labute approximate surface area is 151 Å². The van der Waals surface area contributed by atoms with Gasteiger partial charge in [0.2, 0.25) is 5.76 Å². The fourth-order valence-electron chi connectivity index (χ4n) is 4.33.